The van der Waals surface area contributed by atoms with Crippen LogP contribution in [0.15, 0.2) is 0 Å². The Balaban J connectivity index is 2.07. The number of methoxy groups -OCH3 is 1. The van der Waals surface area contributed by atoms with Crippen molar-refractivity contribution in [1.82, 2.24) is 5.32 Å². The van der Waals surface area contributed by atoms with Crippen LogP contribution < -0.4 is 5.32 Å². The Morgan fingerprint density at radius 3 is 2.32 bits per heavy atom. The van der Waals surface area contributed by atoms with E-state index in [4.69, 9.17) is 4.74 Å². The van der Waals surface area contributed by atoms with Gasteiger partial charge in [0.25, 0.3) is 0 Å². The Labute approximate surface area is 120 Å². The summed E-state index contributed by atoms with van der Waals surface area (Å²) in [6, 6.07) is 0.784. The summed E-state index contributed by atoms with van der Waals surface area (Å²) in [5.41, 5.74) is 0.547. The van der Waals surface area contributed by atoms with E-state index in [1.807, 2.05) is 0 Å². The van der Waals surface area contributed by atoms with Crippen molar-refractivity contribution in [2.24, 2.45) is 11.3 Å². The molecule has 0 bridgehead atoms. The summed E-state index contributed by atoms with van der Waals surface area (Å²) in [5.74, 6) is 0.942. The van der Waals surface area contributed by atoms with Gasteiger partial charge in [-0.3, -0.25) is 0 Å². The zero-order valence-corrected chi connectivity index (χ0v) is 13.6. The molecule has 1 aliphatic carbocycles. The summed E-state index contributed by atoms with van der Waals surface area (Å²) in [6.07, 6.45) is 10.7. The maximum Gasteiger partial charge on any atom is 0.0462 e. The molecule has 1 saturated carbocycles. The van der Waals surface area contributed by atoms with Crippen LogP contribution in [0.4, 0.5) is 0 Å². The largest absolute Gasteiger partial charge is 0.385 e. The lowest BCUT2D eigenvalue weighted by atomic mass is 9.69. The van der Waals surface area contributed by atoms with Crippen molar-refractivity contribution in [2.45, 2.75) is 78.2 Å². The fourth-order valence-corrected chi connectivity index (χ4v) is 3.22. The highest BCUT2D eigenvalue weighted by Crippen LogP contribution is 2.40. The van der Waals surface area contributed by atoms with Gasteiger partial charge in [-0.05, 0) is 62.8 Å². The second-order valence-corrected chi connectivity index (χ2v) is 6.90. The predicted molar refractivity (Wildman–Crippen MR) is 83.5 cm³/mol. The Kier molecular flexibility index (Phi) is 8.01. The van der Waals surface area contributed by atoms with Crippen molar-refractivity contribution in [3.63, 3.8) is 0 Å². The van der Waals surface area contributed by atoms with Crippen molar-refractivity contribution in [1.29, 1.82) is 0 Å². The van der Waals surface area contributed by atoms with Crippen molar-refractivity contribution in [3.05, 3.63) is 0 Å². The summed E-state index contributed by atoms with van der Waals surface area (Å²) in [4.78, 5) is 0. The van der Waals surface area contributed by atoms with Gasteiger partial charge in [0, 0.05) is 19.8 Å². The van der Waals surface area contributed by atoms with E-state index in [-0.39, 0.29) is 0 Å². The molecule has 0 aromatic rings. The molecular weight excluding hydrogens is 234 g/mol. The van der Waals surface area contributed by atoms with Gasteiger partial charge in [0.2, 0.25) is 0 Å². The third kappa shape index (κ3) is 6.27. The van der Waals surface area contributed by atoms with Crippen LogP contribution in [0.5, 0.6) is 0 Å². The number of ether oxygens (including phenoxy) is 1. The van der Waals surface area contributed by atoms with E-state index in [0.717, 1.165) is 18.6 Å². The van der Waals surface area contributed by atoms with Gasteiger partial charge in [0.05, 0.1) is 0 Å². The number of hydrogen-bond acceptors (Lipinski definition) is 2. The van der Waals surface area contributed by atoms with E-state index in [2.05, 4.69) is 26.1 Å². The topological polar surface area (TPSA) is 21.3 Å². The Bertz CT molecular complexity index is 219. The molecule has 19 heavy (non-hydrogen) atoms. The molecule has 1 rings (SSSR count). The van der Waals surface area contributed by atoms with E-state index in [9.17, 15) is 0 Å². The van der Waals surface area contributed by atoms with Crippen molar-refractivity contribution in [2.75, 3.05) is 20.3 Å². The zero-order valence-electron chi connectivity index (χ0n) is 13.6. The molecular formula is C17H35NO. The molecule has 0 aromatic heterocycles. The normalized spacial score (nSPS) is 24.6. The van der Waals surface area contributed by atoms with Crippen LogP contribution in [0.25, 0.3) is 0 Å². The van der Waals surface area contributed by atoms with Gasteiger partial charge in [-0.25, -0.2) is 0 Å². The fraction of sp³-hybridized carbons (Fsp3) is 1.00. The van der Waals surface area contributed by atoms with E-state index >= 15 is 0 Å². The summed E-state index contributed by atoms with van der Waals surface area (Å²) in [7, 11) is 1.79. The number of nitrogens with one attached hydrogen (secondary N) is 1. The van der Waals surface area contributed by atoms with Crippen LogP contribution in [0.1, 0.15) is 72.1 Å². The minimum Gasteiger partial charge on any atom is -0.385 e. The van der Waals surface area contributed by atoms with E-state index in [1.165, 1.54) is 57.9 Å². The second-order valence-electron chi connectivity index (χ2n) is 6.90. The Morgan fingerprint density at radius 1 is 1.05 bits per heavy atom. The van der Waals surface area contributed by atoms with Crippen LogP contribution in [-0.4, -0.2) is 26.3 Å². The average Bonchev–Trinajstić information content (AvgIpc) is 2.43. The highest BCUT2D eigenvalue weighted by atomic mass is 16.5. The molecule has 0 aromatic carbocycles. The molecule has 0 spiro atoms. The van der Waals surface area contributed by atoms with Gasteiger partial charge in [0.1, 0.15) is 0 Å². The summed E-state index contributed by atoms with van der Waals surface area (Å²) in [6.45, 7) is 9.33. The van der Waals surface area contributed by atoms with Gasteiger partial charge in [0.15, 0.2) is 0 Å². The summed E-state index contributed by atoms with van der Waals surface area (Å²) in [5, 5.41) is 3.75. The van der Waals surface area contributed by atoms with Gasteiger partial charge in [-0.15, -0.1) is 0 Å². The van der Waals surface area contributed by atoms with Crippen LogP contribution in [-0.2, 0) is 4.74 Å². The molecule has 1 N–H and O–H groups in total. The molecule has 0 radical (unpaired) electrons. The minimum atomic E-state index is 0.547. The average molecular weight is 269 g/mol. The molecule has 1 aliphatic rings. The Morgan fingerprint density at radius 2 is 1.74 bits per heavy atom. The molecule has 0 atom stereocenters. The maximum absolute atomic E-state index is 5.07. The van der Waals surface area contributed by atoms with E-state index < -0.39 is 0 Å². The highest BCUT2D eigenvalue weighted by Gasteiger charge is 2.31. The fourth-order valence-electron chi connectivity index (χ4n) is 3.22. The molecule has 114 valence electrons. The summed E-state index contributed by atoms with van der Waals surface area (Å²) >= 11 is 0. The quantitative estimate of drug-likeness (QED) is 0.627. The Hall–Kier alpha value is -0.0800. The van der Waals surface area contributed by atoms with Crippen molar-refractivity contribution < 1.29 is 4.74 Å². The molecule has 0 aliphatic heterocycles. The maximum atomic E-state index is 5.07. The number of hydrogen-bond donors (Lipinski definition) is 1. The van der Waals surface area contributed by atoms with Crippen molar-refractivity contribution in [3.8, 4) is 0 Å². The van der Waals surface area contributed by atoms with Crippen LogP contribution in [0.2, 0.25) is 0 Å². The minimum absolute atomic E-state index is 0.547. The lowest BCUT2D eigenvalue weighted by molar-refractivity contribution is 0.137. The lowest BCUT2D eigenvalue weighted by Gasteiger charge is -2.39. The molecule has 0 unspecified atom stereocenters. The lowest BCUT2D eigenvalue weighted by Crippen LogP contribution is -2.37. The first-order chi connectivity index (χ1) is 9.10. The molecule has 2 heteroatoms. The highest BCUT2D eigenvalue weighted by molar-refractivity contribution is 4.84. The third-order valence-electron chi connectivity index (χ3n) is 5.20. The zero-order chi connectivity index (χ0) is 14.1. The van der Waals surface area contributed by atoms with Gasteiger partial charge in [-0.1, -0.05) is 27.2 Å². The van der Waals surface area contributed by atoms with Crippen molar-refractivity contribution >= 4 is 0 Å². The van der Waals surface area contributed by atoms with E-state index in [0.29, 0.717) is 5.41 Å². The number of unbranched alkanes of at least 4 members (excludes halogenated alkanes) is 2. The predicted octanol–water partition coefficient (Wildman–Crippen LogP) is 4.39. The summed E-state index contributed by atoms with van der Waals surface area (Å²) < 4.78 is 5.07. The molecule has 1 fully saturated rings. The molecule has 2 nitrogen and oxygen atoms in total. The van der Waals surface area contributed by atoms with Crippen LogP contribution in [0, 0.1) is 11.3 Å². The standard InChI is InChI=1S/C17H35NO/c1-5-17(2,3)15-9-11-16(12-10-15)18-13-7-6-8-14-19-4/h15-16,18H,5-14H2,1-4H3. The third-order valence-corrected chi connectivity index (χ3v) is 5.20. The smallest absolute Gasteiger partial charge is 0.0462 e. The first kappa shape index (κ1) is 17.0. The second kappa shape index (κ2) is 8.97. The SMILES string of the molecule is CCC(C)(C)C1CCC(NCCCCCOC)CC1. The monoisotopic (exact) mass is 269 g/mol. The van der Waals surface area contributed by atoms with Gasteiger partial charge < -0.3 is 10.1 Å². The molecule has 0 heterocycles. The first-order valence-electron chi connectivity index (χ1n) is 8.32. The first-order valence-corrected chi connectivity index (χ1v) is 8.32. The van der Waals surface area contributed by atoms with Crippen LogP contribution in [0.3, 0.4) is 0 Å². The van der Waals surface area contributed by atoms with E-state index in [1.54, 1.807) is 7.11 Å². The number of rotatable bonds is 9. The van der Waals surface area contributed by atoms with Crippen LogP contribution >= 0.6 is 0 Å². The van der Waals surface area contributed by atoms with Gasteiger partial charge in [-0.2, -0.15) is 0 Å². The van der Waals surface area contributed by atoms with Gasteiger partial charge >= 0.3 is 0 Å². The molecule has 0 saturated heterocycles. The molecule has 0 amide bonds.